The van der Waals surface area contributed by atoms with Crippen LogP contribution in [0, 0.1) is 0 Å². The molecule has 0 bridgehead atoms. The van der Waals surface area contributed by atoms with E-state index in [-0.39, 0.29) is 11.4 Å². The molecule has 1 fully saturated rings. The molecule has 1 amide bonds. The van der Waals surface area contributed by atoms with E-state index in [1.54, 1.807) is 4.68 Å². The highest BCUT2D eigenvalue weighted by molar-refractivity contribution is 5.77. The smallest absolute Gasteiger partial charge is 0.223 e. The minimum Gasteiger partial charge on any atom is -0.337 e. The molecule has 122 valence electrons. The lowest BCUT2D eigenvalue weighted by Gasteiger charge is -2.35. The lowest BCUT2D eigenvalue weighted by atomic mass is 9.90. The first-order chi connectivity index (χ1) is 11.1. The molecule has 3 rings (SSSR count). The molecule has 23 heavy (non-hydrogen) atoms. The molecule has 0 spiro atoms. The van der Waals surface area contributed by atoms with E-state index in [9.17, 15) is 4.79 Å². The number of hydrogen-bond acceptors (Lipinski definition) is 2. The molecular weight excluding hydrogens is 286 g/mol. The minimum absolute atomic E-state index is 0.0530. The maximum Gasteiger partial charge on any atom is 0.223 e. The summed E-state index contributed by atoms with van der Waals surface area (Å²) in [5, 5.41) is 4.36. The molecule has 1 atom stereocenters. The van der Waals surface area contributed by atoms with E-state index in [2.05, 4.69) is 41.2 Å². The van der Waals surface area contributed by atoms with Gasteiger partial charge in [-0.3, -0.25) is 9.48 Å². The van der Waals surface area contributed by atoms with E-state index in [1.165, 1.54) is 5.56 Å². The van der Waals surface area contributed by atoms with Gasteiger partial charge >= 0.3 is 0 Å². The third-order valence-electron chi connectivity index (χ3n) is 4.84. The molecule has 1 unspecified atom stereocenters. The van der Waals surface area contributed by atoms with Crippen molar-refractivity contribution in [2.24, 2.45) is 7.05 Å². The fourth-order valence-corrected chi connectivity index (χ4v) is 3.63. The van der Waals surface area contributed by atoms with Crippen LogP contribution >= 0.6 is 0 Å². The fraction of sp³-hybridized carbons (Fsp3) is 0.474. The zero-order chi connectivity index (χ0) is 16.3. The van der Waals surface area contributed by atoms with Gasteiger partial charge in [-0.05, 0) is 37.8 Å². The first-order valence-electron chi connectivity index (χ1n) is 8.40. The summed E-state index contributed by atoms with van der Waals surface area (Å²) in [4.78, 5) is 14.8. The van der Waals surface area contributed by atoms with E-state index in [0.717, 1.165) is 37.9 Å². The van der Waals surface area contributed by atoms with Gasteiger partial charge in [-0.15, -0.1) is 0 Å². The van der Waals surface area contributed by atoms with Crippen molar-refractivity contribution in [3.63, 3.8) is 0 Å². The Bertz CT molecular complexity index is 664. The number of amides is 1. The molecule has 1 saturated heterocycles. The number of likely N-dealkylation sites (tertiary alicyclic amines) is 1. The highest BCUT2D eigenvalue weighted by Gasteiger charge is 2.39. The zero-order valence-corrected chi connectivity index (χ0v) is 14.0. The topological polar surface area (TPSA) is 38.1 Å². The van der Waals surface area contributed by atoms with Crippen molar-refractivity contribution >= 4 is 5.91 Å². The van der Waals surface area contributed by atoms with E-state index >= 15 is 0 Å². The van der Waals surface area contributed by atoms with Gasteiger partial charge in [0.2, 0.25) is 5.91 Å². The monoisotopic (exact) mass is 311 g/mol. The third-order valence-corrected chi connectivity index (χ3v) is 4.84. The van der Waals surface area contributed by atoms with Crippen LogP contribution in [0.15, 0.2) is 42.6 Å². The number of benzene rings is 1. The van der Waals surface area contributed by atoms with Gasteiger partial charge in [-0.1, -0.05) is 30.3 Å². The number of carbonyl (C=O) groups excluding carboxylic acids is 1. The summed E-state index contributed by atoms with van der Waals surface area (Å²) < 4.78 is 1.79. The standard InChI is InChI=1S/C19H25N3O/c1-19(15-16-7-4-3-5-8-16)12-6-13-22(19)18(23)10-9-17-11-14-21(2)20-17/h3-5,7-8,11,14H,6,9-10,12-13,15H2,1-2H3. The van der Waals surface area contributed by atoms with E-state index in [4.69, 9.17) is 0 Å². The minimum atomic E-state index is -0.0530. The van der Waals surface area contributed by atoms with Crippen molar-refractivity contribution in [3.8, 4) is 0 Å². The number of rotatable bonds is 5. The summed E-state index contributed by atoms with van der Waals surface area (Å²) in [5.74, 6) is 0.256. The average molecular weight is 311 g/mol. The van der Waals surface area contributed by atoms with Crippen molar-refractivity contribution in [1.82, 2.24) is 14.7 Å². The lowest BCUT2D eigenvalue weighted by molar-refractivity contribution is -0.134. The molecule has 1 aromatic heterocycles. The molecule has 0 radical (unpaired) electrons. The quantitative estimate of drug-likeness (QED) is 0.851. The first kappa shape index (κ1) is 15.8. The van der Waals surface area contributed by atoms with Crippen molar-refractivity contribution in [2.75, 3.05) is 6.54 Å². The molecule has 4 nitrogen and oxygen atoms in total. The molecule has 2 heterocycles. The van der Waals surface area contributed by atoms with E-state index in [1.807, 2.05) is 25.4 Å². The van der Waals surface area contributed by atoms with E-state index in [0.29, 0.717) is 6.42 Å². The predicted molar refractivity (Wildman–Crippen MR) is 91.0 cm³/mol. The van der Waals surface area contributed by atoms with Gasteiger partial charge < -0.3 is 4.90 Å². The SMILES string of the molecule is Cn1ccc(CCC(=O)N2CCCC2(C)Cc2ccccc2)n1. The molecule has 1 aromatic carbocycles. The van der Waals surface area contributed by atoms with Gasteiger partial charge in [0.25, 0.3) is 0 Å². The third kappa shape index (κ3) is 3.63. The van der Waals surface area contributed by atoms with Crippen molar-refractivity contribution < 1.29 is 4.79 Å². The van der Waals surface area contributed by atoms with Crippen molar-refractivity contribution in [3.05, 3.63) is 53.9 Å². The van der Waals surface area contributed by atoms with Crippen LogP contribution in [-0.2, 0) is 24.7 Å². The van der Waals surface area contributed by atoms with Crippen LogP contribution in [0.1, 0.15) is 37.4 Å². The predicted octanol–water partition coefficient (Wildman–Crippen LogP) is 2.98. The van der Waals surface area contributed by atoms with Crippen LogP contribution < -0.4 is 0 Å². The Hall–Kier alpha value is -2.10. The highest BCUT2D eigenvalue weighted by Crippen LogP contribution is 2.33. The van der Waals surface area contributed by atoms with Gasteiger partial charge in [0, 0.05) is 38.2 Å². The number of nitrogens with zero attached hydrogens (tertiary/aromatic N) is 3. The first-order valence-corrected chi connectivity index (χ1v) is 8.40. The Morgan fingerprint density at radius 3 is 2.74 bits per heavy atom. The highest BCUT2D eigenvalue weighted by atomic mass is 16.2. The molecule has 0 aliphatic carbocycles. The summed E-state index contributed by atoms with van der Waals surface area (Å²) >= 11 is 0. The second-order valence-electron chi connectivity index (χ2n) is 6.79. The van der Waals surface area contributed by atoms with Gasteiger partial charge in [0.05, 0.1) is 5.69 Å². The normalized spacial score (nSPS) is 20.9. The molecule has 4 heteroatoms. The lowest BCUT2D eigenvalue weighted by Crippen LogP contribution is -2.46. The van der Waals surface area contributed by atoms with Crippen LogP contribution in [0.3, 0.4) is 0 Å². The van der Waals surface area contributed by atoms with Gasteiger partial charge in [0.1, 0.15) is 0 Å². The Labute approximate surface area is 138 Å². The summed E-state index contributed by atoms with van der Waals surface area (Å²) in [6.07, 6.45) is 6.30. The van der Waals surface area contributed by atoms with Crippen LogP contribution in [0.4, 0.5) is 0 Å². The molecule has 0 N–H and O–H groups in total. The van der Waals surface area contributed by atoms with Crippen LogP contribution in [-0.4, -0.2) is 32.7 Å². The number of aromatic nitrogens is 2. The van der Waals surface area contributed by atoms with Crippen LogP contribution in [0.2, 0.25) is 0 Å². The van der Waals surface area contributed by atoms with Crippen molar-refractivity contribution in [1.29, 1.82) is 0 Å². The second kappa shape index (κ2) is 6.57. The molecule has 2 aromatic rings. The Morgan fingerprint density at radius 1 is 1.26 bits per heavy atom. The largest absolute Gasteiger partial charge is 0.337 e. The maximum atomic E-state index is 12.7. The Kier molecular flexibility index (Phi) is 4.51. The average Bonchev–Trinajstić information content (AvgIpc) is 3.12. The number of carbonyl (C=O) groups is 1. The summed E-state index contributed by atoms with van der Waals surface area (Å²) in [6.45, 7) is 3.11. The second-order valence-corrected chi connectivity index (χ2v) is 6.79. The summed E-state index contributed by atoms with van der Waals surface area (Å²) in [6, 6.07) is 12.5. The van der Waals surface area contributed by atoms with Gasteiger partial charge in [0.15, 0.2) is 0 Å². The van der Waals surface area contributed by atoms with Gasteiger partial charge in [-0.2, -0.15) is 5.10 Å². The maximum absolute atomic E-state index is 12.7. The summed E-state index contributed by atoms with van der Waals surface area (Å²) in [7, 11) is 1.91. The van der Waals surface area contributed by atoms with Crippen LogP contribution in [0.25, 0.3) is 0 Å². The summed E-state index contributed by atoms with van der Waals surface area (Å²) in [5.41, 5.74) is 2.24. The zero-order valence-electron chi connectivity index (χ0n) is 14.0. The molecule has 0 saturated carbocycles. The molecular formula is C19H25N3O. The molecule has 1 aliphatic rings. The number of hydrogen-bond donors (Lipinski definition) is 0. The molecule has 1 aliphatic heterocycles. The van der Waals surface area contributed by atoms with Gasteiger partial charge in [-0.25, -0.2) is 0 Å². The van der Waals surface area contributed by atoms with E-state index < -0.39 is 0 Å². The number of aryl methyl sites for hydroxylation is 2. The van der Waals surface area contributed by atoms with Crippen molar-refractivity contribution in [2.45, 2.75) is 44.6 Å². The van der Waals surface area contributed by atoms with Crippen LogP contribution in [0.5, 0.6) is 0 Å². The Balaban J connectivity index is 1.64. The fourth-order valence-electron chi connectivity index (χ4n) is 3.63. The Morgan fingerprint density at radius 2 is 2.04 bits per heavy atom.